The number of hydrogen-bond acceptors (Lipinski definition) is 5. The summed E-state index contributed by atoms with van der Waals surface area (Å²) in [5.41, 5.74) is 2.36. The predicted octanol–water partition coefficient (Wildman–Crippen LogP) is 3.80. The van der Waals surface area contributed by atoms with Gasteiger partial charge in [0.25, 0.3) is 0 Å². The Kier molecular flexibility index (Phi) is 9.97. The lowest BCUT2D eigenvalue weighted by Crippen LogP contribution is -2.55. The van der Waals surface area contributed by atoms with Crippen molar-refractivity contribution in [3.05, 3.63) is 59.9 Å². The van der Waals surface area contributed by atoms with Crippen LogP contribution >= 0.6 is 12.4 Å². The minimum atomic E-state index is 0. The Labute approximate surface area is 203 Å². The van der Waals surface area contributed by atoms with Crippen molar-refractivity contribution in [2.24, 2.45) is 11.8 Å². The number of carbonyl (C=O) groups excluding carboxylic acids is 1. The first-order valence-electron chi connectivity index (χ1n) is 12.0. The number of fused-ring (bicyclic) bond motifs is 2. The van der Waals surface area contributed by atoms with Gasteiger partial charge in [-0.05, 0) is 73.9 Å². The molecule has 1 aromatic carbocycles. The van der Waals surface area contributed by atoms with Crippen LogP contribution in [0.15, 0.2) is 48.8 Å². The van der Waals surface area contributed by atoms with Gasteiger partial charge < -0.3 is 15.4 Å². The van der Waals surface area contributed by atoms with Crippen LogP contribution in [0.4, 0.5) is 0 Å². The maximum absolute atomic E-state index is 12.4. The first-order chi connectivity index (χ1) is 15.7. The number of piperidine rings is 2. The summed E-state index contributed by atoms with van der Waals surface area (Å²) in [5, 5.41) is 6.83. The molecule has 33 heavy (non-hydrogen) atoms. The zero-order valence-electron chi connectivity index (χ0n) is 19.5. The van der Waals surface area contributed by atoms with Crippen molar-refractivity contribution in [2.75, 3.05) is 26.2 Å². The predicted molar refractivity (Wildman–Crippen MR) is 133 cm³/mol. The molecule has 2 aliphatic rings. The van der Waals surface area contributed by atoms with E-state index < -0.39 is 0 Å². The highest BCUT2D eigenvalue weighted by atomic mass is 35.5. The van der Waals surface area contributed by atoms with Crippen LogP contribution in [0.25, 0.3) is 0 Å². The molecule has 7 heteroatoms. The van der Waals surface area contributed by atoms with E-state index in [2.05, 4.69) is 26.6 Å². The van der Waals surface area contributed by atoms with Crippen molar-refractivity contribution < 1.29 is 9.53 Å². The molecule has 2 aromatic rings. The van der Waals surface area contributed by atoms with E-state index in [4.69, 9.17) is 4.74 Å². The van der Waals surface area contributed by atoms with Gasteiger partial charge in [0.15, 0.2) is 0 Å². The Morgan fingerprint density at radius 1 is 1.24 bits per heavy atom. The lowest BCUT2D eigenvalue weighted by atomic mass is 9.79. The van der Waals surface area contributed by atoms with Crippen LogP contribution in [-0.4, -0.2) is 48.1 Å². The summed E-state index contributed by atoms with van der Waals surface area (Å²) < 4.78 is 5.53. The molecule has 1 aromatic heterocycles. The van der Waals surface area contributed by atoms with E-state index in [1.807, 2.05) is 49.6 Å². The largest absolute Gasteiger partial charge is 0.494 e. The van der Waals surface area contributed by atoms with E-state index in [9.17, 15) is 4.79 Å². The number of aromatic nitrogens is 1. The van der Waals surface area contributed by atoms with Crippen molar-refractivity contribution in [1.29, 1.82) is 0 Å². The molecule has 4 rings (SSSR count). The highest BCUT2D eigenvalue weighted by Gasteiger charge is 2.36. The molecule has 6 nitrogen and oxygen atoms in total. The molecule has 2 aliphatic heterocycles. The van der Waals surface area contributed by atoms with Crippen LogP contribution < -0.4 is 15.4 Å². The number of likely N-dealkylation sites (tertiary alicyclic amines) is 1. The second-order valence-corrected chi connectivity index (χ2v) is 9.18. The van der Waals surface area contributed by atoms with E-state index in [1.54, 1.807) is 0 Å². The molecule has 0 radical (unpaired) electrons. The summed E-state index contributed by atoms with van der Waals surface area (Å²) in [5.74, 6) is 2.38. The summed E-state index contributed by atoms with van der Waals surface area (Å²) in [6, 6.07) is 12.6. The number of nitrogens with zero attached hydrogens (tertiary/aromatic N) is 2. The van der Waals surface area contributed by atoms with Gasteiger partial charge >= 0.3 is 0 Å². The Bertz CT molecular complexity index is 866. The average molecular weight is 473 g/mol. The topological polar surface area (TPSA) is 66.5 Å². The van der Waals surface area contributed by atoms with E-state index in [1.165, 1.54) is 12.0 Å². The summed E-state index contributed by atoms with van der Waals surface area (Å²) in [6.07, 6.45) is 7.69. The highest BCUT2D eigenvalue weighted by molar-refractivity contribution is 5.85. The molecule has 2 N–H and O–H groups in total. The molecule has 2 bridgehead atoms. The van der Waals surface area contributed by atoms with E-state index in [0.29, 0.717) is 31.5 Å². The standard InChI is InChI=1S/C26H36N4O2.ClH/c1-2-32-24-8-3-6-20(13-24)15-29-26(31)10-4-9-25-23-12-22(16-28-25)18-30(19-23)17-21-7-5-11-27-14-21;/h3,5-8,11,13-14,22-23,25,28H,2,4,9-10,12,15-19H2,1H3,(H,29,31);1H/t22-,23-,25+;/m0./s1. The maximum Gasteiger partial charge on any atom is 0.220 e. The van der Waals surface area contributed by atoms with Crippen molar-refractivity contribution in [1.82, 2.24) is 20.5 Å². The number of benzene rings is 1. The fourth-order valence-corrected chi connectivity index (χ4v) is 5.17. The fourth-order valence-electron chi connectivity index (χ4n) is 5.17. The van der Waals surface area contributed by atoms with Crippen LogP contribution in [0.5, 0.6) is 5.75 Å². The minimum Gasteiger partial charge on any atom is -0.494 e. The van der Waals surface area contributed by atoms with Gasteiger partial charge in [-0.1, -0.05) is 18.2 Å². The molecule has 0 aliphatic carbocycles. The summed E-state index contributed by atoms with van der Waals surface area (Å²) in [4.78, 5) is 19.2. The van der Waals surface area contributed by atoms with Crippen LogP contribution in [-0.2, 0) is 17.9 Å². The van der Waals surface area contributed by atoms with Crippen LogP contribution in [0.2, 0.25) is 0 Å². The number of pyridine rings is 1. The number of ether oxygens (including phenoxy) is 1. The third-order valence-corrected chi connectivity index (χ3v) is 6.63. The van der Waals surface area contributed by atoms with Crippen molar-refractivity contribution >= 4 is 18.3 Å². The van der Waals surface area contributed by atoms with Crippen molar-refractivity contribution in [3.8, 4) is 5.75 Å². The first kappa shape index (κ1) is 25.5. The van der Waals surface area contributed by atoms with Crippen LogP contribution in [0, 0.1) is 11.8 Å². The van der Waals surface area contributed by atoms with Gasteiger partial charge in [-0.2, -0.15) is 0 Å². The SMILES string of the molecule is CCOc1cccc(CNC(=O)CCC[C@H]2NC[C@@H]3C[C@H]2CN(Cc2cccnc2)C3)c1.Cl. The zero-order valence-corrected chi connectivity index (χ0v) is 20.4. The molecule has 0 unspecified atom stereocenters. The molecule has 180 valence electrons. The monoisotopic (exact) mass is 472 g/mol. The number of carbonyl (C=O) groups is 1. The molecular weight excluding hydrogens is 436 g/mol. The lowest BCUT2D eigenvalue weighted by Gasteiger charge is -2.46. The Balaban J connectivity index is 0.00000306. The molecule has 0 saturated carbocycles. The van der Waals surface area contributed by atoms with E-state index in [-0.39, 0.29) is 18.3 Å². The third-order valence-electron chi connectivity index (χ3n) is 6.63. The molecule has 2 fully saturated rings. The molecule has 3 atom stereocenters. The Morgan fingerprint density at radius 2 is 2.12 bits per heavy atom. The number of nitrogens with one attached hydrogen (secondary N) is 2. The fraction of sp³-hybridized carbons (Fsp3) is 0.538. The first-order valence-corrected chi connectivity index (χ1v) is 12.0. The second kappa shape index (κ2) is 12.9. The quantitative estimate of drug-likeness (QED) is 0.550. The third kappa shape index (κ3) is 7.70. The summed E-state index contributed by atoms with van der Waals surface area (Å²) in [7, 11) is 0. The normalized spacial score (nSPS) is 22.3. The zero-order chi connectivity index (χ0) is 22.2. The van der Waals surface area contributed by atoms with Crippen molar-refractivity contribution in [3.63, 3.8) is 0 Å². The van der Waals surface area contributed by atoms with Crippen molar-refractivity contribution in [2.45, 2.75) is 51.7 Å². The lowest BCUT2D eigenvalue weighted by molar-refractivity contribution is -0.121. The number of amides is 1. The van der Waals surface area contributed by atoms with E-state index in [0.717, 1.165) is 56.3 Å². The van der Waals surface area contributed by atoms with Crippen LogP contribution in [0.1, 0.15) is 43.7 Å². The summed E-state index contributed by atoms with van der Waals surface area (Å²) >= 11 is 0. The summed E-state index contributed by atoms with van der Waals surface area (Å²) in [6.45, 7) is 7.54. The molecule has 3 heterocycles. The van der Waals surface area contributed by atoms with E-state index >= 15 is 0 Å². The highest BCUT2D eigenvalue weighted by Crippen LogP contribution is 2.31. The smallest absolute Gasteiger partial charge is 0.220 e. The van der Waals surface area contributed by atoms with Gasteiger partial charge in [-0.25, -0.2) is 0 Å². The van der Waals surface area contributed by atoms with Gasteiger partial charge in [-0.15, -0.1) is 12.4 Å². The number of hydrogen-bond donors (Lipinski definition) is 2. The average Bonchev–Trinajstić information content (AvgIpc) is 2.80. The maximum atomic E-state index is 12.4. The Morgan fingerprint density at radius 3 is 2.94 bits per heavy atom. The second-order valence-electron chi connectivity index (χ2n) is 9.18. The van der Waals surface area contributed by atoms with Gasteiger partial charge in [0.1, 0.15) is 5.75 Å². The molecule has 0 spiro atoms. The minimum absolute atomic E-state index is 0. The van der Waals surface area contributed by atoms with Crippen LogP contribution in [0.3, 0.4) is 0 Å². The number of halogens is 1. The molecule has 1 amide bonds. The van der Waals surface area contributed by atoms with Gasteiger partial charge in [0.2, 0.25) is 5.91 Å². The molecule has 2 saturated heterocycles. The van der Waals surface area contributed by atoms with Gasteiger partial charge in [0.05, 0.1) is 6.61 Å². The van der Waals surface area contributed by atoms with Gasteiger partial charge in [0, 0.05) is 51.0 Å². The molecular formula is C26H37ClN4O2. The Hall–Kier alpha value is -2.15. The number of rotatable bonds is 10. The van der Waals surface area contributed by atoms with Gasteiger partial charge in [-0.3, -0.25) is 14.7 Å².